The Kier molecular flexibility index (Phi) is 6.16. The maximum Gasteiger partial charge on any atom is 0.224 e. The molecule has 1 atom stereocenters. The van der Waals surface area contributed by atoms with Crippen molar-refractivity contribution in [3.63, 3.8) is 0 Å². The number of halogens is 1. The van der Waals surface area contributed by atoms with Crippen molar-refractivity contribution in [1.29, 1.82) is 0 Å². The predicted molar refractivity (Wildman–Crippen MR) is 76.2 cm³/mol. The molecule has 0 aliphatic carbocycles. The molecule has 100 valence electrons. The molecule has 18 heavy (non-hydrogen) atoms. The van der Waals surface area contributed by atoms with Crippen LogP contribution in [0.1, 0.15) is 24.0 Å². The van der Waals surface area contributed by atoms with Crippen molar-refractivity contribution >= 4 is 18.3 Å². The molecule has 1 aromatic carbocycles. The summed E-state index contributed by atoms with van der Waals surface area (Å²) in [4.78, 5) is 11.9. The average molecular weight is 269 g/mol. The zero-order valence-electron chi connectivity index (χ0n) is 10.7. The third-order valence-corrected chi connectivity index (χ3v) is 3.27. The van der Waals surface area contributed by atoms with Crippen LogP contribution in [0.2, 0.25) is 0 Å². The largest absolute Gasteiger partial charge is 0.352 e. The summed E-state index contributed by atoms with van der Waals surface area (Å²) in [7, 11) is 0. The summed E-state index contributed by atoms with van der Waals surface area (Å²) in [5, 5.41) is 6.39. The molecule has 1 fully saturated rings. The molecule has 1 saturated heterocycles. The van der Waals surface area contributed by atoms with Gasteiger partial charge in [0.05, 0.1) is 6.42 Å². The minimum absolute atomic E-state index is 0. The first kappa shape index (κ1) is 15.0. The predicted octanol–water partition coefficient (Wildman–Crippen LogP) is 1.83. The van der Waals surface area contributed by atoms with Gasteiger partial charge in [0.15, 0.2) is 0 Å². The van der Waals surface area contributed by atoms with Gasteiger partial charge in [0.25, 0.3) is 0 Å². The number of rotatable bonds is 3. The van der Waals surface area contributed by atoms with Crippen LogP contribution >= 0.6 is 12.4 Å². The summed E-state index contributed by atoms with van der Waals surface area (Å²) in [5.41, 5.74) is 2.30. The summed E-state index contributed by atoms with van der Waals surface area (Å²) in [6.07, 6.45) is 2.73. The van der Waals surface area contributed by atoms with Crippen LogP contribution in [0.4, 0.5) is 0 Å². The zero-order valence-corrected chi connectivity index (χ0v) is 11.6. The molecule has 0 spiro atoms. The van der Waals surface area contributed by atoms with Gasteiger partial charge < -0.3 is 10.6 Å². The molecule has 0 aromatic heterocycles. The Morgan fingerprint density at radius 3 is 2.89 bits per heavy atom. The standard InChI is InChI=1S/C14H20N2O.ClH/c1-11-5-2-3-6-12(11)9-14(17)16-13-7-4-8-15-10-13;/h2-3,5-6,13,15H,4,7-10H2,1H3,(H,16,17);1H/t13-;/m1./s1. The van der Waals surface area contributed by atoms with Gasteiger partial charge in [-0.15, -0.1) is 12.4 Å². The number of hydrogen-bond acceptors (Lipinski definition) is 2. The average Bonchev–Trinajstić information content (AvgIpc) is 2.33. The third kappa shape index (κ3) is 4.31. The Labute approximate surface area is 115 Å². The fourth-order valence-corrected chi connectivity index (χ4v) is 2.24. The summed E-state index contributed by atoms with van der Waals surface area (Å²) in [5.74, 6) is 0.132. The van der Waals surface area contributed by atoms with Crippen molar-refractivity contribution < 1.29 is 4.79 Å². The molecule has 0 unspecified atom stereocenters. The maximum atomic E-state index is 11.9. The van der Waals surface area contributed by atoms with Crippen LogP contribution in [-0.4, -0.2) is 25.0 Å². The van der Waals surface area contributed by atoms with Crippen molar-refractivity contribution in [3.8, 4) is 0 Å². The van der Waals surface area contributed by atoms with Crippen LogP contribution in [-0.2, 0) is 11.2 Å². The van der Waals surface area contributed by atoms with Crippen molar-refractivity contribution in [2.24, 2.45) is 0 Å². The SMILES string of the molecule is Cc1ccccc1CC(=O)N[C@@H]1CCCNC1.Cl. The Balaban J connectivity index is 0.00000162. The van der Waals surface area contributed by atoms with Crippen LogP contribution in [0, 0.1) is 6.92 Å². The molecule has 0 bridgehead atoms. The fraction of sp³-hybridized carbons (Fsp3) is 0.500. The van der Waals surface area contributed by atoms with Gasteiger partial charge >= 0.3 is 0 Å². The number of piperidine rings is 1. The second-order valence-corrected chi connectivity index (χ2v) is 4.71. The van der Waals surface area contributed by atoms with Gasteiger partial charge in [0.1, 0.15) is 0 Å². The van der Waals surface area contributed by atoms with E-state index in [1.807, 2.05) is 31.2 Å². The molecule has 2 N–H and O–H groups in total. The van der Waals surface area contributed by atoms with E-state index in [4.69, 9.17) is 0 Å². The number of amides is 1. The molecule has 2 rings (SSSR count). The molecular formula is C14H21ClN2O. The van der Waals surface area contributed by atoms with Gasteiger partial charge in [-0.1, -0.05) is 24.3 Å². The highest BCUT2D eigenvalue weighted by Gasteiger charge is 2.15. The smallest absolute Gasteiger partial charge is 0.224 e. The van der Waals surface area contributed by atoms with E-state index in [2.05, 4.69) is 10.6 Å². The van der Waals surface area contributed by atoms with E-state index in [0.29, 0.717) is 12.5 Å². The Morgan fingerprint density at radius 2 is 2.22 bits per heavy atom. The van der Waals surface area contributed by atoms with Gasteiger partial charge in [-0.3, -0.25) is 4.79 Å². The molecule has 4 heteroatoms. The molecule has 1 heterocycles. The van der Waals surface area contributed by atoms with Crippen LogP contribution in [0.25, 0.3) is 0 Å². The Hall–Kier alpha value is -1.06. The van der Waals surface area contributed by atoms with Crippen LogP contribution < -0.4 is 10.6 Å². The van der Waals surface area contributed by atoms with E-state index in [0.717, 1.165) is 31.5 Å². The monoisotopic (exact) mass is 268 g/mol. The van der Waals surface area contributed by atoms with E-state index >= 15 is 0 Å². The molecule has 0 saturated carbocycles. The summed E-state index contributed by atoms with van der Waals surface area (Å²) < 4.78 is 0. The quantitative estimate of drug-likeness (QED) is 0.878. The molecule has 1 aliphatic heterocycles. The molecule has 1 amide bonds. The van der Waals surface area contributed by atoms with Gasteiger partial charge in [-0.25, -0.2) is 0 Å². The topological polar surface area (TPSA) is 41.1 Å². The zero-order chi connectivity index (χ0) is 12.1. The van der Waals surface area contributed by atoms with Gasteiger partial charge in [-0.05, 0) is 37.4 Å². The molecule has 1 aliphatic rings. The number of carbonyl (C=O) groups is 1. The lowest BCUT2D eigenvalue weighted by Crippen LogP contribution is -2.46. The number of aryl methyl sites for hydroxylation is 1. The lowest BCUT2D eigenvalue weighted by atomic mass is 10.0. The molecular weight excluding hydrogens is 248 g/mol. The molecule has 0 radical (unpaired) electrons. The second-order valence-electron chi connectivity index (χ2n) is 4.71. The minimum Gasteiger partial charge on any atom is -0.352 e. The van der Waals surface area contributed by atoms with Crippen LogP contribution in [0.5, 0.6) is 0 Å². The maximum absolute atomic E-state index is 11.9. The summed E-state index contributed by atoms with van der Waals surface area (Å²) >= 11 is 0. The van der Waals surface area contributed by atoms with Gasteiger partial charge in [-0.2, -0.15) is 0 Å². The van der Waals surface area contributed by atoms with Crippen LogP contribution in [0.3, 0.4) is 0 Å². The lowest BCUT2D eigenvalue weighted by Gasteiger charge is -2.23. The highest BCUT2D eigenvalue weighted by molar-refractivity contribution is 5.85. The number of hydrogen-bond donors (Lipinski definition) is 2. The fourth-order valence-electron chi connectivity index (χ4n) is 2.24. The highest BCUT2D eigenvalue weighted by atomic mass is 35.5. The number of carbonyl (C=O) groups excluding carboxylic acids is 1. The van der Waals surface area contributed by atoms with Crippen molar-refractivity contribution in [1.82, 2.24) is 10.6 Å². The van der Waals surface area contributed by atoms with Gasteiger partial charge in [0.2, 0.25) is 5.91 Å². The van der Waals surface area contributed by atoms with Crippen molar-refractivity contribution in [3.05, 3.63) is 35.4 Å². The first-order chi connectivity index (χ1) is 8.25. The van der Waals surface area contributed by atoms with Crippen molar-refractivity contribution in [2.75, 3.05) is 13.1 Å². The van der Waals surface area contributed by atoms with Crippen molar-refractivity contribution in [2.45, 2.75) is 32.2 Å². The van der Waals surface area contributed by atoms with E-state index in [9.17, 15) is 4.79 Å². The normalized spacial score (nSPS) is 18.8. The second kappa shape index (κ2) is 7.39. The number of benzene rings is 1. The molecule has 3 nitrogen and oxygen atoms in total. The molecule has 1 aromatic rings. The van der Waals surface area contributed by atoms with E-state index in [1.165, 1.54) is 5.56 Å². The van der Waals surface area contributed by atoms with Crippen LogP contribution in [0.15, 0.2) is 24.3 Å². The van der Waals surface area contributed by atoms with E-state index in [1.54, 1.807) is 0 Å². The van der Waals surface area contributed by atoms with Gasteiger partial charge in [0, 0.05) is 12.6 Å². The van der Waals surface area contributed by atoms with E-state index in [-0.39, 0.29) is 18.3 Å². The first-order valence-corrected chi connectivity index (χ1v) is 6.30. The minimum atomic E-state index is 0. The summed E-state index contributed by atoms with van der Waals surface area (Å²) in [6, 6.07) is 8.36. The Bertz CT molecular complexity index is 389. The van der Waals surface area contributed by atoms with E-state index < -0.39 is 0 Å². The Morgan fingerprint density at radius 1 is 1.44 bits per heavy atom. The number of nitrogens with one attached hydrogen (secondary N) is 2. The first-order valence-electron chi connectivity index (χ1n) is 6.30. The highest BCUT2D eigenvalue weighted by Crippen LogP contribution is 2.08. The summed E-state index contributed by atoms with van der Waals surface area (Å²) in [6.45, 7) is 4.02. The lowest BCUT2D eigenvalue weighted by molar-refractivity contribution is -0.121. The third-order valence-electron chi connectivity index (χ3n) is 3.27.